The molecule has 0 spiro atoms. The molecule has 0 amide bonds. The van der Waals surface area contributed by atoms with Crippen LogP contribution in [0, 0.1) is 13.8 Å². The predicted molar refractivity (Wildman–Crippen MR) is 84.2 cm³/mol. The standard InChI is InChI=1S/C17H17N3O/c1-11-9-20-16(12(2)17(11)18)10-21-14-6-5-13-4-3-7-19-15(13)8-14/h3-9H,10H2,1-2H3,(H2,18,20). The molecule has 2 aromatic heterocycles. The third-order valence-electron chi connectivity index (χ3n) is 3.63. The van der Waals surface area contributed by atoms with E-state index in [-0.39, 0.29) is 0 Å². The fourth-order valence-corrected chi connectivity index (χ4v) is 2.23. The Morgan fingerprint density at radius 1 is 1.14 bits per heavy atom. The number of pyridine rings is 2. The monoisotopic (exact) mass is 279 g/mol. The fraction of sp³-hybridized carbons (Fsp3) is 0.176. The summed E-state index contributed by atoms with van der Waals surface area (Å²) in [5, 5.41) is 1.10. The van der Waals surface area contributed by atoms with Gasteiger partial charge in [-0.25, -0.2) is 0 Å². The molecule has 2 heterocycles. The molecule has 21 heavy (non-hydrogen) atoms. The highest BCUT2D eigenvalue weighted by molar-refractivity contribution is 5.79. The SMILES string of the molecule is Cc1cnc(COc2ccc3cccnc3c2)c(C)c1N. The van der Waals surface area contributed by atoms with Crippen LogP contribution in [-0.4, -0.2) is 9.97 Å². The molecule has 0 aliphatic heterocycles. The molecular weight excluding hydrogens is 262 g/mol. The molecule has 0 unspecified atom stereocenters. The minimum Gasteiger partial charge on any atom is -0.487 e. The van der Waals surface area contributed by atoms with Crippen molar-refractivity contribution in [1.82, 2.24) is 9.97 Å². The lowest BCUT2D eigenvalue weighted by Crippen LogP contribution is -2.05. The number of hydrogen-bond acceptors (Lipinski definition) is 4. The zero-order valence-electron chi connectivity index (χ0n) is 12.1. The van der Waals surface area contributed by atoms with Gasteiger partial charge in [-0.1, -0.05) is 6.07 Å². The highest BCUT2D eigenvalue weighted by atomic mass is 16.5. The van der Waals surface area contributed by atoms with Gasteiger partial charge in [-0.2, -0.15) is 0 Å². The number of hydrogen-bond donors (Lipinski definition) is 1. The van der Waals surface area contributed by atoms with Gasteiger partial charge < -0.3 is 10.5 Å². The van der Waals surface area contributed by atoms with Gasteiger partial charge in [0.15, 0.2) is 0 Å². The highest BCUT2D eigenvalue weighted by Gasteiger charge is 2.07. The molecule has 4 heteroatoms. The van der Waals surface area contributed by atoms with E-state index in [2.05, 4.69) is 9.97 Å². The van der Waals surface area contributed by atoms with Gasteiger partial charge in [0.1, 0.15) is 12.4 Å². The summed E-state index contributed by atoms with van der Waals surface area (Å²) in [6.45, 7) is 4.32. The first-order valence-corrected chi connectivity index (χ1v) is 6.83. The van der Waals surface area contributed by atoms with E-state index in [1.165, 1.54) is 0 Å². The summed E-state index contributed by atoms with van der Waals surface area (Å²) >= 11 is 0. The van der Waals surface area contributed by atoms with Crippen LogP contribution >= 0.6 is 0 Å². The lowest BCUT2D eigenvalue weighted by Gasteiger charge is -2.11. The predicted octanol–water partition coefficient (Wildman–Crippen LogP) is 3.41. The Kier molecular flexibility index (Phi) is 3.44. The van der Waals surface area contributed by atoms with E-state index in [1.807, 2.05) is 44.2 Å². The first-order chi connectivity index (χ1) is 10.1. The van der Waals surface area contributed by atoms with Crippen molar-refractivity contribution >= 4 is 16.6 Å². The third kappa shape index (κ3) is 2.65. The van der Waals surface area contributed by atoms with Crippen molar-refractivity contribution in [3.05, 3.63) is 59.5 Å². The van der Waals surface area contributed by atoms with E-state index >= 15 is 0 Å². The molecule has 0 saturated heterocycles. The van der Waals surface area contributed by atoms with Crippen LogP contribution in [0.4, 0.5) is 5.69 Å². The number of aryl methyl sites for hydroxylation is 1. The Morgan fingerprint density at radius 2 is 2.00 bits per heavy atom. The van der Waals surface area contributed by atoms with Gasteiger partial charge in [0.25, 0.3) is 0 Å². The summed E-state index contributed by atoms with van der Waals surface area (Å²) in [5.41, 5.74) is 10.6. The molecule has 3 aromatic rings. The quantitative estimate of drug-likeness (QED) is 0.798. The van der Waals surface area contributed by atoms with E-state index in [1.54, 1.807) is 12.4 Å². The van der Waals surface area contributed by atoms with Crippen LogP contribution in [-0.2, 0) is 6.61 Å². The number of benzene rings is 1. The Bertz CT molecular complexity index is 799. The van der Waals surface area contributed by atoms with Crippen LogP contribution in [0.25, 0.3) is 10.9 Å². The van der Waals surface area contributed by atoms with Gasteiger partial charge in [-0.3, -0.25) is 9.97 Å². The number of anilines is 1. The average molecular weight is 279 g/mol. The van der Waals surface area contributed by atoms with Crippen LogP contribution in [0.15, 0.2) is 42.7 Å². The summed E-state index contributed by atoms with van der Waals surface area (Å²) in [6, 6.07) is 9.82. The van der Waals surface area contributed by atoms with E-state index < -0.39 is 0 Å². The van der Waals surface area contributed by atoms with Crippen molar-refractivity contribution in [2.24, 2.45) is 0 Å². The number of aromatic nitrogens is 2. The minimum atomic E-state index is 0.397. The Labute approximate surface area is 123 Å². The Hall–Kier alpha value is -2.62. The maximum atomic E-state index is 6.02. The molecule has 0 bridgehead atoms. The number of nitrogens with two attached hydrogens (primary N) is 1. The van der Waals surface area contributed by atoms with Gasteiger partial charge in [-0.05, 0) is 43.2 Å². The maximum absolute atomic E-state index is 6.02. The van der Waals surface area contributed by atoms with Crippen molar-refractivity contribution in [2.45, 2.75) is 20.5 Å². The van der Waals surface area contributed by atoms with Crippen molar-refractivity contribution in [3.8, 4) is 5.75 Å². The smallest absolute Gasteiger partial charge is 0.131 e. The lowest BCUT2D eigenvalue weighted by molar-refractivity contribution is 0.301. The van der Waals surface area contributed by atoms with Crippen LogP contribution in [0.3, 0.4) is 0 Å². The molecule has 0 fully saturated rings. The van der Waals surface area contributed by atoms with Crippen LogP contribution < -0.4 is 10.5 Å². The first kappa shape index (κ1) is 13.4. The minimum absolute atomic E-state index is 0.397. The van der Waals surface area contributed by atoms with E-state index in [9.17, 15) is 0 Å². The molecule has 0 aliphatic rings. The number of rotatable bonds is 3. The number of nitrogens with zero attached hydrogens (tertiary/aromatic N) is 2. The summed E-state index contributed by atoms with van der Waals surface area (Å²) < 4.78 is 5.82. The van der Waals surface area contributed by atoms with Gasteiger partial charge in [-0.15, -0.1) is 0 Å². The van der Waals surface area contributed by atoms with Gasteiger partial charge >= 0.3 is 0 Å². The largest absolute Gasteiger partial charge is 0.487 e. The van der Waals surface area contributed by atoms with Gasteiger partial charge in [0, 0.05) is 29.5 Å². The molecule has 0 saturated carbocycles. The maximum Gasteiger partial charge on any atom is 0.131 e. The topological polar surface area (TPSA) is 61.0 Å². The zero-order valence-corrected chi connectivity index (χ0v) is 12.1. The van der Waals surface area contributed by atoms with Crippen LogP contribution in [0.5, 0.6) is 5.75 Å². The molecular formula is C17H17N3O. The van der Waals surface area contributed by atoms with E-state index in [0.29, 0.717) is 6.61 Å². The molecule has 106 valence electrons. The Morgan fingerprint density at radius 3 is 2.86 bits per heavy atom. The fourth-order valence-electron chi connectivity index (χ4n) is 2.23. The summed E-state index contributed by atoms with van der Waals surface area (Å²) in [7, 11) is 0. The summed E-state index contributed by atoms with van der Waals surface area (Å²) in [4.78, 5) is 8.72. The molecule has 1 aromatic carbocycles. The second-order valence-corrected chi connectivity index (χ2v) is 5.07. The summed E-state index contributed by atoms with van der Waals surface area (Å²) in [5.74, 6) is 0.779. The lowest BCUT2D eigenvalue weighted by atomic mass is 10.1. The van der Waals surface area contributed by atoms with Crippen molar-refractivity contribution in [1.29, 1.82) is 0 Å². The second-order valence-electron chi connectivity index (χ2n) is 5.07. The molecule has 2 N–H and O–H groups in total. The second kappa shape index (κ2) is 5.40. The van der Waals surface area contributed by atoms with E-state index in [4.69, 9.17) is 10.5 Å². The first-order valence-electron chi connectivity index (χ1n) is 6.83. The van der Waals surface area contributed by atoms with Crippen molar-refractivity contribution < 1.29 is 4.74 Å². The molecule has 0 atom stereocenters. The highest BCUT2D eigenvalue weighted by Crippen LogP contribution is 2.22. The third-order valence-corrected chi connectivity index (χ3v) is 3.63. The zero-order chi connectivity index (χ0) is 14.8. The van der Waals surface area contributed by atoms with Crippen LogP contribution in [0.1, 0.15) is 16.8 Å². The van der Waals surface area contributed by atoms with Gasteiger partial charge in [0.05, 0.1) is 11.2 Å². The van der Waals surface area contributed by atoms with Gasteiger partial charge in [0.2, 0.25) is 0 Å². The molecule has 0 radical (unpaired) electrons. The van der Waals surface area contributed by atoms with Crippen LogP contribution in [0.2, 0.25) is 0 Å². The number of nitrogen functional groups attached to an aromatic ring is 1. The average Bonchev–Trinajstić information content (AvgIpc) is 2.52. The Balaban J connectivity index is 1.82. The van der Waals surface area contributed by atoms with E-state index in [0.717, 1.165) is 39.2 Å². The van der Waals surface area contributed by atoms with Crippen molar-refractivity contribution in [2.75, 3.05) is 5.73 Å². The normalized spacial score (nSPS) is 10.8. The molecule has 0 aliphatic carbocycles. The summed E-state index contributed by atoms with van der Waals surface area (Å²) in [6.07, 6.45) is 3.56. The number of ether oxygens (including phenoxy) is 1. The van der Waals surface area contributed by atoms with Crippen molar-refractivity contribution in [3.63, 3.8) is 0 Å². The molecule has 3 rings (SSSR count). The number of fused-ring (bicyclic) bond motifs is 1. The molecule has 4 nitrogen and oxygen atoms in total.